The van der Waals surface area contributed by atoms with Gasteiger partial charge in [-0.3, -0.25) is 0 Å². The third-order valence-electron chi connectivity index (χ3n) is 5.05. The van der Waals surface area contributed by atoms with Crippen molar-refractivity contribution in [2.24, 2.45) is 17.3 Å². The summed E-state index contributed by atoms with van der Waals surface area (Å²) in [6.45, 7) is 0. The van der Waals surface area contributed by atoms with Crippen molar-refractivity contribution in [1.29, 1.82) is 0 Å². The summed E-state index contributed by atoms with van der Waals surface area (Å²) in [5.74, 6) is -1.78. The number of hydrogen-bond donors (Lipinski definition) is 1. The highest BCUT2D eigenvalue weighted by Crippen LogP contribution is 2.62. The van der Waals surface area contributed by atoms with E-state index in [9.17, 15) is 28.2 Å². The molecule has 0 amide bonds. The molecule has 20 heavy (non-hydrogen) atoms. The van der Waals surface area contributed by atoms with Crippen LogP contribution in [-0.4, -0.2) is 22.9 Å². The molecular formula is C14H16F3O3-. The molecule has 6 heteroatoms. The zero-order valence-corrected chi connectivity index (χ0v) is 10.9. The summed E-state index contributed by atoms with van der Waals surface area (Å²) in [4.78, 5) is 10.8. The Bertz CT molecular complexity index is 467. The molecule has 2 unspecified atom stereocenters. The maximum Gasteiger partial charge on any atom is 0.417 e. The summed E-state index contributed by atoms with van der Waals surface area (Å²) in [6, 6.07) is 0. The number of aliphatic carboxylic acids is 1. The van der Waals surface area contributed by atoms with E-state index in [1.165, 1.54) is 0 Å². The molecule has 4 aliphatic rings. The second kappa shape index (κ2) is 4.00. The van der Waals surface area contributed by atoms with Gasteiger partial charge < -0.3 is 15.0 Å². The number of halogens is 3. The van der Waals surface area contributed by atoms with Gasteiger partial charge in [0, 0.05) is 0 Å². The number of carbonyl (C=O) groups is 1. The van der Waals surface area contributed by atoms with E-state index in [0.717, 1.165) is 12.5 Å². The van der Waals surface area contributed by atoms with Crippen molar-refractivity contribution in [3.05, 3.63) is 11.6 Å². The number of alkyl halides is 3. The van der Waals surface area contributed by atoms with Crippen molar-refractivity contribution in [2.75, 3.05) is 0 Å². The smallest absolute Gasteiger partial charge is 0.417 e. The molecular weight excluding hydrogens is 273 g/mol. The Labute approximate surface area is 114 Å². The Morgan fingerprint density at radius 3 is 2.15 bits per heavy atom. The first kappa shape index (κ1) is 13.9. The van der Waals surface area contributed by atoms with Crippen LogP contribution in [0.1, 0.15) is 38.5 Å². The second-order valence-corrected chi connectivity index (χ2v) is 6.89. The normalized spacial score (nSPS) is 43.9. The van der Waals surface area contributed by atoms with E-state index < -0.39 is 28.7 Å². The van der Waals surface area contributed by atoms with E-state index in [0.29, 0.717) is 25.7 Å². The van der Waals surface area contributed by atoms with E-state index in [4.69, 9.17) is 0 Å². The van der Waals surface area contributed by atoms with Gasteiger partial charge in [-0.25, -0.2) is 0 Å². The zero-order chi connectivity index (χ0) is 14.8. The average Bonchev–Trinajstić information content (AvgIpc) is 2.20. The number of carboxylic acid groups (broad SMARTS) is 1. The SMILES string of the molecule is O=C([O-])C(=CC12CC3CC(CC(O)(C3)C1)C2)C(F)(F)F. The van der Waals surface area contributed by atoms with Crippen molar-refractivity contribution < 1.29 is 28.2 Å². The second-order valence-electron chi connectivity index (χ2n) is 6.89. The van der Waals surface area contributed by atoms with E-state index in [-0.39, 0.29) is 18.3 Å². The molecule has 0 saturated heterocycles. The molecule has 4 rings (SSSR count). The third kappa shape index (κ3) is 2.24. The van der Waals surface area contributed by atoms with E-state index in [1.54, 1.807) is 0 Å². The maximum atomic E-state index is 12.8. The van der Waals surface area contributed by atoms with Crippen molar-refractivity contribution in [2.45, 2.75) is 50.3 Å². The fourth-order valence-electron chi connectivity index (χ4n) is 5.02. The van der Waals surface area contributed by atoms with Gasteiger partial charge in [-0.05, 0) is 55.8 Å². The molecule has 0 aromatic rings. The predicted octanol–water partition coefficient (Wildman–Crippen LogP) is 1.56. The highest BCUT2D eigenvalue weighted by atomic mass is 19.4. The van der Waals surface area contributed by atoms with Crippen LogP contribution in [0.25, 0.3) is 0 Å². The summed E-state index contributed by atoms with van der Waals surface area (Å²) in [5, 5.41) is 21.2. The van der Waals surface area contributed by atoms with Gasteiger partial charge in [-0.15, -0.1) is 0 Å². The lowest BCUT2D eigenvalue weighted by molar-refractivity contribution is -0.304. The zero-order valence-electron chi connectivity index (χ0n) is 10.9. The topological polar surface area (TPSA) is 60.4 Å². The molecule has 0 aromatic heterocycles. The van der Waals surface area contributed by atoms with Gasteiger partial charge in [0.2, 0.25) is 0 Å². The molecule has 112 valence electrons. The van der Waals surface area contributed by atoms with Gasteiger partial charge in [-0.1, -0.05) is 6.08 Å². The highest BCUT2D eigenvalue weighted by molar-refractivity contribution is 5.86. The van der Waals surface area contributed by atoms with Gasteiger partial charge in [-0.2, -0.15) is 13.2 Å². The lowest BCUT2D eigenvalue weighted by atomic mass is 9.48. The molecule has 1 N–H and O–H groups in total. The Kier molecular flexibility index (Phi) is 2.78. The molecule has 0 spiro atoms. The van der Waals surface area contributed by atoms with Crippen molar-refractivity contribution in [3.63, 3.8) is 0 Å². The molecule has 0 aliphatic heterocycles. The van der Waals surface area contributed by atoms with Gasteiger partial charge in [0.05, 0.1) is 17.1 Å². The summed E-state index contributed by atoms with van der Waals surface area (Å²) in [6.07, 6.45) is -0.561. The molecule has 2 atom stereocenters. The minimum absolute atomic E-state index is 0.203. The first-order valence-electron chi connectivity index (χ1n) is 6.85. The van der Waals surface area contributed by atoms with Gasteiger partial charge in [0.1, 0.15) is 0 Å². The number of rotatable bonds is 2. The van der Waals surface area contributed by atoms with Crippen LogP contribution in [-0.2, 0) is 4.79 Å². The van der Waals surface area contributed by atoms with Gasteiger partial charge in [0.25, 0.3) is 0 Å². The predicted molar refractivity (Wildman–Crippen MR) is 61.2 cm³/mol. The van der Waals surface area contributed by atoms with Gasteiger partial charge >= 0.3 is 6.18 Å². The molecule has 4 bridgehead atoms. The number of allylic oxidation sites excluding steroid dienone is 1. The Morgan fingerprint density at radius 1 is 1.20 bits per heavy atom. The van der Waals surface area contributed by atoms with Crippen LogP contribution in [0.3, 0.4) is 0 Å². The quantitative estimate of drug-likeness (QED) is 0.785. The van der Waals surface area contributed by atoms with Crippen LogP contribution < -0.4 is 5.11 Å². The Balaban J connectivity index is 1.99. The number of carbonyl (C=O) groups excluding carboxylic acids is 1. The van der Waals surface area contributed by atoms with E-state index >= 15 is 0 Å². The van der Waals surface area contributed by atoms with Crippen LogP contribution in [0, 0.1) is 17.3 Å². The first-order chi connectivity index (χ1) is 9.11. The lowest BCUT2D eigenvalue weighted by Gasteiger charge is -2.59. The molecule has 3 nitrogen and oxygen atoms in total. The number of hydrogen-bond acceptors (Lipinski definition) is 3. The van der Waals surface area contributed by atoms with E-state index in [2.05, 4.69) is 0 Å². The van der Waals surface area contributed by atoms with E-state index in [1.807, 2.05) is 0 Å². The van der Waals surface area contributed by atoms with Crippen LogP contribution in [0.5, 0.6) is 0 Å². The van der Waals surface area contributed by atoms with Crippen molar-refractivity contribution in [3.8, 4) is 0 Å². The standard InChI is InChI=1S/C14H17F3O3/c15-14(16,17)10(11(18)19)6-12-2-8-1-9(3-12)5-13(20,4-8)7-12/h6,8-9,20H,1-5,7H2,(H,18,19)/p-1. The third-order valence-corrected chi connectivity index (χ3v) is 5.05. The molecule has 4 aliphatic carbocycles. The maximum absolute atomic E-state index is 12.8. The summed E-state index contributed by atoms with van der Waals surface area (Å²) in [7, 11) is 0. The first-order valence-corrected chi connectivity index (χ1v) is 6.85. The fraction of sp³-hybridized carbons (Fsp3) is 0.786. The molecule has 0 aromatic carbocycles. The summed E-state index contributed by atoms with van der Waals surface area (Å²) in [5.41, 5.74) is -3.34. The molecule has 0 radical (unpaired) electrons. The lowest BCUT2D eigenvalue weighted by Crippen LogP contribution is -2.55. The minimum atomic E-state index is -4.91. The number of carboxylic acids is 1. The Morgan fingerprint density at radius 2 is 1.75 bits per heavy atom. The highest BCUT2D eigenvalue weighted by Gasteiger charge is 2.57. The Hall–Kier alpha value is -1.04. The van der Waals surface area contributed by atoms with Crippen molar-refractivity contribution >= 4 is 5.97 Å². The van der Waals surface area contributed by atoms with Crippen LogP contribution in [0.2, 0.25) is 0 Å². The molecule has 0 heterocycles. The van der Waals surface area contributed by atoms with Crippen molar-refractivity contribution in [1.82, 2.24) is 0 Å². The summed E-state index contributed by atoms with van der Waals surface area (Å²) >= 11 is 0. The number of aliphatic hydroxyl groups is 1. The summed E-state index contributed by atoms with van der Waals surface area (Å²) < 4.78 is 38.4. The van der Waals surface area contributed by atoms with Crippen LogP contribution in [0.15, 0.2) is 11.6 Å². The fourth-order valence-corrected chi connectivity index (χ4v) is 5.02. The minimum Gasteiger partial charge on any atom is -0.545 e. The monoisotopic (exact) mass is 289 g/mol. The molecule has 4 saturated carbocycles. The van der Waals surface area contributed by atoms with Crippen LogP contribution in [0.4, 0.5) is 13.2 Å². The largest absolute Gasteiger partial charge is 0.545 e. The molecule has 4 fully saturated rings. The van der Waals surface area contributed by atoms with Gasteiger partial charge in [0.15, 0.2) is 0 Å². The van der Waals surface area contributed by atoms with Crippen LogP contribution >= 0.6 is 0 Å². The average molecular weight is 289 g/mol.